The van der Waals surface area contributed by atoms with Crippen LogP contribution >= 0.6 is 22.7 Å². The summed E-state index contributed by atoms with van der Waals surface area (Å²) < 4.78 is 10.2. The molecule has 0 aliphatic carbocycles. The summed E-state index contributed by atoms with van der Waals surface area (Å²) in [5.74, 6) is 0. The third-order valence-corrected chi connectivity index (χ3v) is 13.8. The number of nitrogens with zero attached hydrogens (tertiary/aromatic N) is 2. The van der Waals surface area contributed by atoms with Gasteiger partial charge in [0.1, 0.15) is 16.2 Å². The summed E-state index contributed by atoms with van der Waals surface area (Å²) >= 11 is 3.65. The van der Waals surface area contributed by atoms with Crippen LogP contribution in [0, 0.1) is 0 Å². The lowest BCUT2D eigenvalue weighted by Crippen LogP contribution is -2.09. The van der Waals surface area contributed by atoms with Gasteiger partial charge in [0.25, 0.3) is 0 Å². The van der Waals surface area contributed by atoms with E-state index in [0.717, 1.165) is 66.2 Å². The number of hydrogen-bond acceptors (Lipinski definition) is 5. The molecule has 0 saturated heterocycles. The lowest BCUT2D eigenvalue weighted by Gasteiger charge is -2.26. The van der Waals surface area contributed by atoms with Crippen LogP contribution in [0.2, 0.25) is 0 Å². The van der Waals surface area contributed by atoms with E-state index in [2.05, 4.69) is 199 Å². The number of fused-ring (bicyclic) bond motifs is 8. The molecule has 0 atom stereocenters. The van der Waals surface area contributed by atoms with Crippen LogP contribution in [0.3, 0.4) is 0 Å². The molecule has 12 rings (SSSR count). The Morgan fingerprint density at radius 2 is 0.983 bits per heavy atom. The zero-order valence-electron chi connectivity index (χ0n) is 32.2. The largest absolute Gasteiger partial charge is 0.455 e. The summed E-state index contributed by atoms with van der Waals surface area (Å²) in [5.41, 5.74) is 14.3. The van der Waals surface area contributed by atoms with Gasteiger partial charge in [-0.25, -0.2) is 4.98 Å². The van der Waals surface area contributed by atoms with Gasteiger partial charge in [-0.1, -0.05) is 146 Å². The molecule has 0 spiro atoms. The van der Waals surface area contributed by atoms with Crippen molar-refractivity contribution >= 4 is 92.1 Å². The Morgan fingerprint density at radius 3 is 1.70 bits per heavy atom. The monoisotopic (exact) mass is 802 g/mol. The van der Waals surface area contributed by atoms with Gasteiger partial charge >= 0.3 is 0 Å². The summed E-state index contributed by atoms with van der Waals surface area (Å²) in [6, 6.07) is 73.7. The Morgan fingerprint density at radius 1 is 0.400 bits per heavy atom. The van der Waals surface area contributed by atoms with Crippen molar-refractivity contribution in [2.45, 2.75) is 0 Å². The van der Waals surface area contributed by atoms with Gasteiger partial charge in [0.2, 0.25) is 0 Å². The lowest BCUT2D eigenvalue weighted by molar-refractivity contribution is 0.670. The first kappa shape index (κ1) is 34.7. The van der Waals surface area contributed by atoms with Crippen LogP contribution in [0.5, 0.6) is 0 Å². The second kappa shape index (κ2) is 14.2. The number of hydrogen-bond donors (Lipinski definition) is 0. The summed E-state index contributed by atoms with van der Waals surface area (Å²) in [6.45, 7) is 0. The second-order valence-electron chi connectivity index (χ2n) is 15.1. The third-order valence-electron chi connectivity index (χ3n) is 11.5. The first-order chi connectivity index (χ1) is 29.7. The van der Waals surface area contributed by atoms with Gasteiger partial charge < -0.3 is 9.32 Å². The van der Waals surface area contributed by atoms with Crippen LogP contribution in [0.1, 0.15) is 0 Å². The van der Waals surface area contributed by atoms with E-state index in [1.807, 2.05) is 23.5 Å². The fraction of sp³-hybridized carbons (Fsp3) is 0. The van der Waals surface area contributed by atoms with Crippen molar-refractivity contribution in [1.29, 1.82) is 0 Å². The van der Waals surface area contributed by atoms with Crippen LogP contribution in [-0.2, 0) is 0 Å². The number of thiazole rings is 1. The maximum atomic E-state index is 6.41. The van der Waals surface area contributed by atoms with Gasteiger partial charge in [-0.3, -0.25) is 0 Å². The molecule has 3 heterocycles. The number of aromatic nitrogens is 1. The van der Waals surface area contributed by atoms with E-state index < -0.39 is 0 Å². The van der Waals surface area contributed by atoms with E-state index in [1.165, 1.54) is 47.1 Å². The summed E-state index contributed by atoms with van der Waals surface area (Å²) in [7, 11) is 0. The maximum absolute atomic E-state index is 6.41. The number of anilines is 3. The van der Waals surface area contributed by atoms with Crippen LogP contribution in [0.25, 0.3) is 96.3 Å². The standard InChI is InChI=1S/C55H34N2OS2/c1-3-10-35(11-4-1)36-18-25-41(26-19-36)57(43-29-22-38(23-30-43)44-15-9-16-46-45-14-7-8-17-49(45)58-53(44)46)42-27-20-37(21-28-42)40-24-31-47-51(34-40)59-50-33-32-48-54(52(47)50)60-55(56-48)39-12-5-2-6-13-39/h1-34H. The third kappa shape index (κ3) is 5.90. The Labute approximate surface area is 354 Å². The Balaban J connectivity index is 0.907. The van der Waals surface area contributed by atoms with E-state index in [9.17, 15) is 0 Å². The Kier molecular flexibility index (Phi) is 8.22. The molecule has 0 radical (unpaired) electrons. The molecule has 0 saturated carbocycles. The maximum Gasteiger partial charge on any atom is 0.143 e. The molecule has 9 aromatic carbocycles. The number of thiophene rings is 1. The highest BCUT2D eigenvalue weighted by Crippen LogP contribution is 2.44. The fourth-order valence-electron chi connectivity index (χ4n) is 8.58. The zero-order valence-corrected chi connectivity index (χ0v) is 33.9. The van der Waals surface area contributed by atoms with E-state index in [1.54, 1.807) is 11.3 Å². The topological polar surface area (TPSA) is 29.3 Å². The molecule has 3 aromatic heterocycles. The molecule has 12 aromatic rings. The molecule has 0 fully saturated rings. The Bertz CT molecular complexity index is 3510. The highest BCUT2D eigenvalue weighted by Gasteiger charge is 2.18. The molecule has 0 bridgehead atoms. The summed E-state index contributed by atoms with van der Waals surface area (Å²) in [4.78, 5) is 7.36. The minimum absolute atomic E-state index is 0.906. The van der Waals surface area contributed by atoms with Crippen molar-refractivity contribution in [3.63, 3.8) is 0 Å². The molecule has 0 unspecified atom stereocenters. The van der Waals surface area contributed by atoms with Crippen LogP contribution < -0.4 is 4.90 Å². The molecule has 3 nitrogen and oxygen atoms in total. The number of benzene rings is 9. The normalized spacial score (nSPS) is 11.7. The van der Waals surface area contributed by atoms with Gasteiger partial charge in [0.15, 0.2) is 0 Å². The smallest absolute Gasteiger partial charge is 0.143 e. The van der Waals surface area contributed by atoms with Crippen LogP contribution in [0.4, 0.5) is 17.1 Å². The fourth-order valence-corrected chi connectivity index (χ4v) is 10.9. The van der Waals surface area contributed by atoms with E-state index in [4.69, 9.17) is 9.40 Å². The minimum atomic E-state index is 0.906. The molecule has 0 N–H and O–H groups in total. The first-order valence-corrected chi connectivity index (χ1v) is 21.7. The van der Waals surface area contributed by atoms with Crippen molar-refractivity contribution in [2.24, 2.45) is 0 Å². The first-order valence-electron chi connectivity index (χ1n) is 20.1. The van der Waals surface area contributed by atoms with Crippen molar-refractivity contribution in [3.8, 4) is 44.0 Å². The summed E-state index contributed by atoms with van der Waals surface area (Å²) in [6.07, 6.45) is 0. The number of furan rings is 1. The molecule has 60 heavy (non-hydrogen) atoms. The average molecular weight is 803 g/mol. The predicted octanol–water partition coefficient (Wildman–Crippen LogP) is 16.7. The van der Waals surface area contributed by atoms with E-state index in [-0.39, 0.29) is 0 Å². The highest BCUT2D eigenvalue weighted by atomic mass is 32.1. The van der Waals surface area contributed by atoms with Crippen LogP contribution in [-0.4, -0.2) is 4.98 Å². The van der Waals surface area contributed by atoms with Gasteiger partial charge in [-0.2, -0.15) is 0 Å². The molecular weight excluding hydrogens is 769 g/mol. The number of rotatable bonds is 7. The molecule has 0 aliphatic heterocycles. The molecule has 282 valence electrons. The molecular formula is C55H34N2OS2. The van der Waals surface area contributed by atoms with Gasteiger partial charge in [-0.15, -0.1) is 22.7 Å². The summed E-state index contributed by atoms with van der Waals surface area (Å²) in [5, 5.41) is 5.93. The van der Waals surface area contributed by atoms with Crippen LogP contribution in [0.15, 0.2) is 211 Å². The number of para-hydroxylation sites is 2. The van der Waals surface area contributed by atoms with Gasteiger partial charge in [0, 0.05) is 59.1 Å². The van der Waals surface area contributed by atoms with E-state index >= 15 is 0 Å². The van der Waals surface area contributed by atoms with Gasteiger partial charge in [-0.05, 0) is 88.5 Å². The van der Waals surface area contributed by atoms with Crippen molar-refractivity contribution in [2.75, 3.05) is 4.90 Å². The highest BCUT2D eigenvalue weighted by molar-refractivity contribution is 7.28. The zero-order chi connectivity index (χ0) is 39.6. The lowest BCUT2D eigenvalue weighted by atomic mass is 10.0. The van der Waals surface area contributed by atoms with Gasteiger partial charge in [0.05, 0.1) is 10.2 Å². The predicted molar refractivity (Wildman–Crippen MR) is 256 cm³/mol. The second-order valence-corrected chi connectivity index (χ2v) is 17.2. The average Bonchev–Trinajstić information content (AvgIpc) is 4.04. The van der Waals surface area contributed by atoms with Crippen molar-refractivity contribution in [1.82, 2.24) is 4.98 Å². The van der Waals surface area contributed by atoms with Crippen molar-refractivity contribution in [3.05, 3.63) is 206 Å². The quantitative estimate of drug-likeness (QED) is 0.161. The SMILES string of the molecule is c1ccc(-c2ccc(N(c3ccc(-c4ccc5c(c4)sc4ccc6nc(-c7ccccc7)sc6c45)cc3)c3ccc(-c4cccc5c4oc4ccccc45)cc3)cc2)cc1. The molecule has 0 aliphatic rings. The minimum Gasteiger partial charge on any atom is -0.455 e. The van der Waals surface area contributed by atoms with E-state index in [0.29, 0.717) is 0 Å². The molecule has 5 heteroatoms. The van der Waals surface area contributed by atoms with Crippen molar-refractivity contribution < 1.29 is 4.42 Å². The molecule has 0 amide bonds. The Hall–Kier alpha value is -7.31.